The first kappa shape index (κ1) is 20.9. The summed E-state index contributed by atoms with van der Waals surface area (Å²) in [4.78, 5) is 39.7. The second-order valence-corrected chi connectivity index (χ2v) is 8.36. The van der Waals surface area contributed by atoms with Gasteiger partial charge in [0.1, 0.15) is 23.0 Å². The molecule has 33 heavy (non-hydrogen) atoms. The zero-order valence-corrected chi connectivity index (χ0v) is 18.3. The number of carboxylic acid groups (broad SMARTS) is 1. The van der Waals surface area contributed by atoms with Crippen molar-refractivity contribution in [1.82, 2.24) is 20.3 Å². The predicted molar refractivity (Wildman–Crippen MR) is 122 cm³/mol. The molecule has 1 aromatic carbocycles. The number of hydrogen-bond donors (Lipinski definition) is 2. The highest BCUT2D eigenvalue weighted by atomic mass is 16.4. The van der Waals surface area contributed by atoms with Crippen LogP contribution in [-0.4, -0.2) is 50.6 Å². The molecule has 1 fully saturated rings. The van der Waals surface area contributed by atoms with Crippen molar-refractivity contribution in [2.45, 2.75) is 38.8 Å². The standard InChI is InChI=1S/C24H23N5O4/c1-13-9-15(7-8-25-13)10-20(30)28-16-11-18(24(31)32)29(12-16)23-22-21(26-14(2)27-23)17-5-3-4-6-19(17)33-22/h3-9,16,18H,10-12H2,1-2H3,(H,28,30)(H,31,32)/t16-,18-/m0/s1. The predicted octanol–water partition coefficient (Wildman–Crippen LogP) is 2.78. The molecule has 1 saturated heterocycles. The molecule has 2 atom stereocenters. The minimum absolute atomic E-state index is 0.163. The number of amides is 1. The van der Waals surface area contributed by atoms with Gasteiger partial charge in [0.2, 0.25) is 5.91 Å². The Hall–Kier alpha value is -4.01. The maximum Gasteiger partial charge on any atom is 0.326 e. The Labute approximate surface area is 189 Å². The highest BCUT2D eigenvalue weighted by Gasteiger charge is 2.40. The molecule has 0 saturated carbocycles. The monoisotopic (exact) mass is 445 g/mol. The van der Waals surface area contributed by atoms with Gasteiger partial charge in [-0.1, -0.05) is 12.1 Å². The SMILES string of the molecule is Cc1cc(CC(=O)N[C@H]2C[C@@H](C(=O)O)N(c3nc(C)nc4c3oc3ccccc34)C2)ccn1. The molecule has 2 N–H and O–H groups in total. The number of nitrogens with one attached hydrogen (secondary N) is 1. The fourth-order valence-electron chi connectivity index (χ4n) is 4.47. The van der Waals surface area contributed by atoms with E-state index in [-0.39, 0.29) is 24.8 Å². The lowest BCUT2D eigenvalue weighted by Gasteiger charge is -2.22. The molecule has 0 aliphatic carbocycles. The van der Waals surface area contributed by atoms with E-state index in [0.29, 0.717) is 34.9 Å². The maximum atomic E-state index is 12.6. The van der Waals surface area contributed by atoms with E-state index < -0.39 is 12.0 Å². The third-order valence-corrected chi connectivity index (χ3v) is 5.86. The summed E-state index contributed by atoms with van der Waals surface area (Å²) in [7, 11) is 0. The lowest BCUT2D eigenvalue weighted by Crippen LogP contribution is -2.39. The zero-order chi connectivity index (χ0) is 23.1. The number of furan rings is 1. The maximum absolute atomic E-state index is 12.6. The number of aliphatic carboxylic acids is 1. The van der Waals surface area contributed by atoms with Crippen LogP contribution in [0.15, 0.2) is 47.0 Å². The summed E-state index contributed by atoms with van der Waals surface area (Å²) in [6.45, 7) is 3.95. The molecule has 3 aromatic heterocycles. The van der Waals surface area contributed by atoms with E-state index >= 15 is 0 Å². The average molecular weight is 445 g/mol. The lowest BCUT2D eigenvalue weighted by molar-refractivity contribution is -0.138. The number of carbonyl (C=O) groups excluding carboxylic acids is 1. The number of fused-ring (bicyclic) bond motifs is 3. The van der Waals surface area contributed by atoms with Crippen LogP contribution in [0.4, 0.5) is 5.82 Å². The first-order chi connectivity index (χ1) is 15.9. The summed E-state index contributed by atoms with van der Waals surface area (Å²) < 4.78 is 6.03. The van der Waals surface area contributed by atoms with Crippen molar-refractivity contribution in [1.29, 1.82) is 0 Å². The molecule has 1 aliphatic rings. The van der Waals surface area contributed by atoms with Gasteiger partial charge >= 0.3 is 5.97 Å². The van der Waals surface area contributed by atoms with Crippen molar-refractivity contribution in [2.24, 2.45) is 0 Å². The number of hydrogen-bond acceptors (Lipinski definition) is 7. The van der Waals surface area contributed by atoms with Crippen molar-refractivity contribution in [3.05, 3.63) is 59.7 Å². The third-order valence-electron chi connectivity index (χ3n) is 5.86. The summed E-state index contributed by atoms with van der Waals surface area (Å²) in [5.74, 6) is -0.183. The van der Waals surface area contributed by atoms with Crippen LogP contribution in [0.1, 0.15) is 23.5 Å². The van der Waals surface area contributed by atoms with Crippen molar-refractivity contribution in [3.8, 4) is 0 Å². The second-order valence-electron chi connectivity index (χ2n) is 8.36. The van der Waals surface area contributed by atoms with Crippen molar-refractivity contribution >= 4 is 39.8 Å². The molecular formula is C24H23N5O4. The van der Waals surface area contributed by atoms with Gasteiger partial charge < -0.3 is 19.7 Å². The number of nitrogens with zero attached hydrogens (tertiary/aromatic N) is 4. The average Bonchev–Trinajstić information content (AvgIpc) is 3.35. The minimum atomic E-state index is -0.975. The van der Waals surface area contributed by atoms with Gasteiger partial charge in [-0.2, -0.15) is 0 Å². The molecule has 9 heteroatoms. The van der Waals surface area contributed by atoms with Crippen molar-refractivity contribution < 1.29 is 19.1 Å². The van der Waals surface area contributed by atoms with Gasteiger partial charge in [0, 0.05) is 36.3 Å². The Morgan fingerprint density at radius 2 is 2.03 bits per heavy atom. The topological polar surface area (TPSA) is 121 Å². The number of aryl methyl sites for hydroxylation is 2. The molecular weight excluding hydrogens is 422 g/mol. The lowest BCUT2D eigenvalue weighted by atomic mass is 10.1. The molecule has 168 valence electrons. The molecule has 4 aromatic rings. The highest BCUT2D eigenvalue weighted by molar-refractivity contribution is 6.06. The van der Waals surface area contributed by atoms with E-state index in [1.807, 2.05) is 37.3 Å². The molecule has 1 aliphatic heterocycles. The summed E-state index contributed by atoms with van der Waals surface area (Å²) in [6, 6.07) is 10.0. The largest absolute Gasteiger partial charge is 0.480 e. The van der Waals surface area contributed by atoms with Crippen molar-refractivity contribution in [3.63, 3.8) is 0 Å². The molecule has 1 amide bonds. The van der Waals surface area contributed by atoms with Gasteiger partial charge in [-0.25, -0.2) is 14.8 Å². The first-order valence-electron chi connectivity index (χ1n) is 10.8. The Morgan fingerprint density at radius 3 is 2.82 bits per heavy atom. The smallest absolute Gasteiger partial charge is 0.326 e. The van der Waals surface area contributed by atoms with Crippen LogP contribution >= 0.6 is 0 Å². The van der Waals surface area contributed by atoms with Gasteiger partial charge in [0.15, 0.2) is 11.4 Å². The molecule has 5 rings (SSSR count). The quantitative estimate of drug-likeness (QED) is 0.481. The highest BCUT2D eigenvalue weighted by Crippen LogP contribution is 2.35. The summed E-state index contributed by atoms with van der Waals surface area (Å²) in [5.41, 5.74) is 3.47. The molecule has 0 spiro atoms. The molecule has 4 heterocycles. The van der Waals surface area contributed by atoms with Crippen LogP contribution < -0.4 is 10.2 Å². The Morgan fingerprint density at radius 1 is 1.21 bits per heavy atom. The molecule has 0 radical (unpaired) electrons. The number of rotatable bonds is 5. The third kappa shape index (κ3) is 3.97. The van der Waals surface area contributed by atoms with Crippen LogP contribution in [0.2, 0.25) is 0 Å². The Kier molecular flexibility index (Phi) is 5.16. The number of benzene rings is 1. The number of anilines is 1. The van der Waals surface area contributed by atoms with Gasteiger partial charge in [0.05, 0.1) is 6.42 Å². The number of para-hydroxylation sites is 1. The summed E-state index contributed by atoms with van der Waals surface area (Å²) in [6.07, 6.45) is 2.14. The van der Waals surface area contributed by atoms with Crippen LogP contribution in [-0.2, 0) is 16.0 Å². The fourth-order valence-corrected chi connectivity index (χ4v) is 4.47. The number of carbonyl (C=O) groups is 2. The van der Waals surface area contributed by atoms with E-state index in [1.165, 1.54) is 0 Å². The molecule has 0 bridgehead atoms. The summed E-state index contributed by atoms with van der Waals surface area (Å²) in [5, 5.41) is 13.7. The second kappa shape index (κ2) is 8.16. The van der Waals surface area contributed by atoms with Crippen LogP contribution in [0, 0.1) is 13.8 Å². The molecule has 0 unspecified atom stereocenters. The minimum Gasteiger partial charge on any atom is -0.480 e. The number of aromatic nitrogens is 3. The van der Waals surface area contributed by atoms with Crippen LogP contribution in [0.5, 0.6) is 0 Å². The van der Waals surface area contributed by atoms with Crippen LogP contribution in [0.25, 0.3) is 22.1 Å². The van der Waals surface area contributed by atoms with Gasteiger partial charge in [-0.15, -0.1) is 0 Å². The normalized spacial score (nSPS) is 18.2. The summed E-state index contributed by atoms with van der Waals surface area (Å²) >= 11 is 0. The fraction of sp³-hybridized carbons (Fsp3) is 0.292. The van der Waals surface area contributed by atoms with E-state index in [4.69, 9.17) is 4.42 Å². The van der Waals surface area contributed by atoms with Crippen molar-refractivity contribution in [2.75, 3.05) is 11.4 Å². The number of pyridine rings is 1. The van der Waals surface area contributed by atoms with Gasteiger partial charge in [0.25, 0.3) is 0 Å². The van der Waals surface area contributed by atoms with Gasteiger partial charge in [-0.05, 0) is 43.7 Å². The Bertz CT molecular complexity index is 1380. The molecule has 9 nitrogen and oxygen atoms in total. The zero-order valence-electron chi connectivity index (χ0n) is 18.3. The van der Waals surface area contributed by atoms with Gasteiger partial charge in [-0.3, -0.25) is 9.78 Å². The van der Waals surface area contributed by atoms with E-state index in [0.717, 1.165) is 16.6 Å². The van der Waals surface area contributed by atoms with Crippen LogP contribution in [0.3, 0.4) is 0 Å². The number of carboxylic acids is 1. The van der Waals surface area contributed by atoms with E-state index in [2.05, 4.69) is 20.3 Å². The Balaban J connectivity index is 1.44. The van der Waals surface area contributed by atoms with E-state index in [1.54, 1.807) is 24.1 Å². The van der Waals surface area contributed by atoms with E-state index in [9.17, 15) is 14.7 Å². The first-order valence-corrected chi connectivity index (χ1v) is 10.8.